The van der Waals surface area contributed by atoms with Gasteiger partial charge in [-0.2, -0.15) is 0 Å². The predicted molar refractivity (Wildman–Crippen MR) is 174 cm³/mol. The quantitative estimate of drug-likeness (QED) is 0.123. The number of carbonyl (C=O) groups excluding carboxylic acids is 3. The first-order valence-corrected chi connectivity index (χ1v) is 15.2. The van der Waals surface area contributed by atoms with Gasteiger partial charge in [-0.25, -0.2) is 4.79 Å². The smallest absolute Gasteiger partial charge is 0.326 e. The Balaban J connectivity index is 1.54. The van der Waals surface area contributed by atoms with Gasteiger partial charge in [-0.3, -0.25) is 14.4 Å². The van der Waals surface area contributed by atoms with Gasteiger partial charge in [0.25, 0.3) is 0 Å². The lowest BCUT2D eigenvalue weighted by atomic mass is 10.0. The molecule has 3 atom stereocenters. The number of rotatable bonds is 16. The Labute approximate surface area is 263 Å². The van der Waals surface area contributed by atoms with Crippen LogP contribution in [0.5, 0.6) is 0 Å². The van der Waals surface area contributed by atoms with Crippen LogP contribution in [0.3, 0.4) is 0 Å². The van der Waals surface area contributed by atoms with Crippen molar-refractivity contribution in [2.24, 2.45) is 5.73 Å². The summed E-state index contributed by atoms with van der Waals surface area (Å²) in [6, 6.07) is 28.8. The molecule has 9 nitrogen and oxygen atoms in total. The minimum atomic E-state index is -1.16. The third-order valence-electron chi connectivity index (χ3n) is 7.64. The van der Waals surface area contributed by atoms with Gasteiger partial charge in [0.1, 0.15) is 18.1 Å². The number of nitrogens with one attached hydrogen (secondary N) is 3. The summed E-state index contributed by atoms with van der Waals surface area (Å²) in [4.78, 5) is 52.6. The third-order valence-corrected chi connectivity index (χ3v) is 7.64. The number of carbonyl (C=O) groups is 4. The van der Waals surface area contributed by atoms with E-state index in [1.807, 2.05) is 103 Å². The van der Waals surface area contributed by atoms with Crippen molar-refractivity contribution in [3.63, 3.8) is 0 Å². The standard InChI is InChI=1S/C36H40N4O5/c37-21-10-9-20-30(36(44)45)39-35(43)32(23-26-14-5-2-6-15-26)40-34(42)31(22-25-12-3-1-4-13-25)38-33(41)24-28-18-11-17-27-16-7-8-19-29(27)28/h1-8,11-19,30-32H,9-10,20-24,37H2,(H,38,41)(H,39,43)(H,40,42)(H,44,45)/t30-,31-,32-/m0/s1. The average molecular weight is 609 g/mol. The number of aliphatic carboxylic acids is 1. The van der Waals surface area contributed by atoms with E-state index in [0.29, 0.717) is 19.4 Å². The van der Waals surface area contributed by atoms with Crippen molar-refractivity contribution in [1.29, 1.82) is 0 Å². The number of nitrogens with two attached hydrogens (primary N) is 1. The topological polar surface area (TPSA) is 151 Å². The Morgan fingerprint density at radius 3 is 1.76 bits per heavy atom. The molecule has 0 spiro atoms. The summed E-state index contributed by atoms with van der Waals surface area (Å²) in [6.45, 7) is 0.419. The van der Waals surface area contributed by atoms with Crippen molar-refractivity contribution in [2.45, 2.75) is 56.7 Å². The van der Waals surface area contributed by atoms with Crippen LogP contribution in [0, 0.1) is 0 Å². The molecule has 0 bridgehead atoms. The first kappa shape index (κ1) is 32.9. The molecule has 0 saturated carbocycles. The van der Waals surface area contributed by atoms with E-state index in [1.165, 1.54) is 0 Å². The molecule has 0 aliphatic rings. The van der Waals surface area contributed by atoms with Crippen LogP contribution in [0.2, 0.25) is 0 Å². The summed E-state index contributed by atoms with van der Waals surface area (Å²) >= 11 is 0. The largest absolute Gasteiger partial charge is 0.480 e. The SMILES string of the molecule is NCCCC[C@H](NC(=O)[C@H](Cc1ccccc1)NC(=O)[C@H](Cc1ccccc1)NC(=O)Cc1cccc2ccccc12)C(=O)O. The molecule has 9 heteroatoms. The van der Waals surface area contributed by atoms with Crippen LogP contribution < -0.4 is 21.7 Å². The summed E-state index contributed by atoms with van der Waals surface area (Å²) in [5.74, 6) is -2.66. The minimum Gasteiger partial charge on any atom is -0.480 e. The fourth-order valence-corrected chi connectivity index (χ4v) is 5.28. The lowest BCUT2D eigenvalue weighted by Crippen LogP contribution is -2.57. The number of carboxylic acid groups (broad SMARTS) is 1. The Morgan fingerprint density at radius 2 is 1.16 bits per heavy atom. The third kappa shape index (κ3) is 10.0. The van der Waals surface area contributed by atoms with Crippen LogP contribution in [0.1, 0.15) is 36.0 Å². The maximum absolute atomic E-state index is 13.8. The van der Waals surface area contributed by atoms with Gasteiger partial charge in [-0.15, -0.1) is 0 Å². The molecule has 0 fully saturated rings. The van der Waals surface area contributed by atoms with Crippen LogP contribution in [0.4, 0.5) is 0 Å². The lowest BCUT2D eigenvalue weighted by molar-refractivity contribution is -0.142. The second kappa shape index (κ2) is 16.7. The van der Waals surface area contributed by atoms with Gasteiger partial charge < -0.3 is 26.8 Å². The van der Waals surface area contributed by atoms with Crippen molar-refractivity contribution >= 4 is 34.5 Å². The zero-order valence-corrected chi connectivity index (χ0v) is 25.2. The number of unbranched alkanes of at least 4 members (excludes halogenated alkanes) is 1. The van der Waals surface area contributed by atoms with Gasteiger partial charge in [0.2, 0.25) is 17.7 Å². The highest BCUT2D eigenvalue weighted by Gasteiger charge is 2.30. The molecule has 3 amide bonds. The fraction of sp³-hybridized carbons (Fsp3) is 0.278. The van der Waals surface area contributed by atoms with E-state index in [4.69, 9.17) is 5.73 Å². The van der Waals surface area contributed by atoms with Crippen LogP contribution >= 0.6 is 0 Å². The van der Waals surface area contributed by atoms with Crippen LogP contribution in [0.25, 0.3) is 10.8 Å². The molecule has 0 aliphatic heterocycles. The number of hydrogen-bond donors (Lipinski definition) is 5. The van der Waals surface area contributed by atoms with Crippen LogP contribution in [-0.4, -0.2) is 53.5 Å². The van der Waals surface area contributed by atoms with Crippen molar-refractivity contribution in [3.8, 4) is 0 Å². The molecular weight excluding hydrogens is 568 g/mol. The van der Waals surface area contributed by atoms with Gasteiger partial charge in [-0.1, -0.05) is 103 Å². The molecule has 0 saturated heterocycles. The van der Waals surface area contributed by atoms with E-state index >= 15 is 0 Å². The van der Waals surface area contributed by atoms with Gasteiger partial charge in [0.05, 0.1) is 6.42 Å². The predicted octanol–water partition coefficient (Wildman–Crippen LogP) is 3.54. The normalized spacial score (nSPS) is 12.9. The Morgan fingerprint density at radius 1 is 0.622 bits per heavy atom. The second-order valence-electron chi connectivity index (χ2n) is 11.1. The molecule has 45 heavy (non-hydrogen) atoms. The lowest BCUT2D eigenvalue weighted by Gasteiger charge is -2.25. The summed E-state index contributed by atoms with van der Waals surface area (Å²) < 4.78 is 0. The first-order chi connectivity index (χ1) is 21.8. The van der Waals surface area contributed by atoms with E-state index in [-0.39, 0.29) is 31.6 Å². The Hall–Kier alpha value is -5.02. The van der Waals surface area contributed by atoms with Crippen LogP contribution in [0.15, 0.2) is 103 Å². The number of carboxylic acids is 1. The molecule has 0 aromatic heterocycles. The van der Waals surface area contributed by atoms with E-state index in [2.05, 4.69) is 16.0 Å². The van der Waals surface area contributed by atoms with Crippen molar-refractivity contribution in [3.05, 3.63) is 120 Å². The summed E-state index contributed by atoms with van der Waals surface area (Å²) in [5, 5.41) is 20.0. The highest BCUT2D eigenvalue weighted by Crippen LogP contribution is 2.19. The average Bonchev–Trinajstić information content (AvgIpc) is 3.04. The number of amides is 3. The Bertz CT molecular complexity index is 1570. The van der Waals surface area contributed by atoms with E-state index in [0.717, 1.165) is 27.5 Å². The number of benzene rings is 4. The molecule has 0 aliphatic carbocycles. The van der Waals surface area contributed by atoms with Gasteiger partial charge >= 0.3 is 5.97 Å². The summed E-state index contributed by atoms with van der Waals surface area (Å²) in [5.41, 5.74) is 8.00. The maximum atomic E-state index is 13.8. The summed E-state index contributed by atoms with van der Waals surface area (Å²) in [6.07, 6.45) is 1.77. The van der Waals surface area contributed by atoms with E-state index < -0.39 is 35.9 Å². The molecule has 234 valence electrons. The van der Waals surface area contributed by atoms with Gasteiger partial charge in [0, 0.05) is 12.8 Å². The molecule has 4 rings (SSSR count). The van der Waals surface area contributed by atoms with Gasteiger partial charge in [-0.05, 0) is 53.3 Å². The van der Waals surface area contributed by atoms with Crippen LogP contribution in [-0.2, 0) is 38.4 Å². The molecule has 4 aromatic carbocycles. The van der Waals surface area contributed by atoms with Crippen molar-refractivity contribution in [1.82, 2.24) is 16.0 Å². The maximum Gasteiger partial charge on any atom is 0.326 e. The van der Waals surface area contributed by atoms with E-state index in [1.54, 1.807) is 0 Å². The van der Waals surface area contributed by atoms with Crippen molar-refractivity contribution < 1.29 is 24.3 Å². The highest BCUT2D eigenvalue weighted by atomic mass is 16.4. The molecule has 0 radical (unpaired) electrons. The molecular formula is C36H40N4O5. The molecule has 0 unspecified atom stereocenters. The molecule has 6 N–H and O–H groups in total. The fourth-order valence-electron chi connectivity index (χ4n) is 5.28. The monoisotopic (exact) mass is 608 g/mol. The van der Waals surface area contributed by atoms with Gasteiger partial charge in [0.15, 0.2) is 0 Å². The number of hydrogen-bond acceptors (Lipinski definition) is 5. The second-order valence-corrected chi connectivity index (χ2v) is 11.1. The zero-order valence-electron chi connectivity index (χ0n) is 25.2. The number of fused-ring (bicyclic) bond motifs is 1. The summed E-state index contributed by atoms with van der Waals surface area (Å²) in [7, 11) is 0. The van der Waals surface area contributed by atoms with Crippen molar-refractivity contribution in [2.75, 3.05) is 6.54 Å². The highest BCUT2D eigenvalue weighted by molar-refractivity contribution is 5.95. The van der Waals surface area contributed by atoms with E-state index in [9.17, 15) is 24.3 Å². The molecule has 4 aromatic rings. The zero-order chi connectivity index (χ0) is 32.0. The Kier molecular flexibility index (Phi) is 12.2. The minimum absolute atomic E-state index is 0.0664. The first-order valence-electron chi connectivity index (χ1n) is 15.2. The molecule has 0 heterocycles.